The van der Waals surface area contributed by atoms with Crippen LogP contribution in [0.5, 0.6) is 5.75 Å². The maximum Gasteiger partial charge on any atom is 0.326 e. The molecule has 1 aromatic heterocycles. The molecule has 0 saturated heterocycles. The van der Waals surface area contributed by atoms with Gasteiger partial charge in [0.2, 0.25) is 35.4 Å². The molecule has 342 valence electrons. The summed E-state index contributed by atoms with van der Waals surface area (Å²) in [5.74, 6) is -9.11. The zero-order valence-corrected chi connectivity index (χ0v) is 35.5. The number of aliphatic carboxylic acids is 3. The van der Waals surface area contributed by atoms with Gasteiger partial charge >= 0.3 is 17.9 Å². The van der Waals surface area contributed by atoms with E-state index in [9.17, 15) is 58.5 Å². The second-order valence-electron chi connectivity index (χ2n) is 15.1. The number of unbranched alkanes of at least 4 members (excludes halogenated alkanes) is 1. The Balaban J connectivity index is 1.87. The van der Waals surface area contributed by atoms with Gasteiger partial charge in [-0.3, -0.25) is 38.4 Å². The van der Waals surface area contributed by atoms with E-state index in [-0.39, 0.29) is 37.9 Å². The number of aromatic amines is 1. The van der Waals surface area contributed by atoms with Crippen molar-refractivity contribution in [1.82, 2.24) is 36.1 Å². The van der Waals surface area contributed by atoms with Crippen molar-refractivity contribution in [2.45, 2.75) is 101 Å². The Bertz CT molecular complexity index is 2120. The molecule has 0 spiro atoms. The first-order valence-electron chi connectivity index (χ1n) is 20.2. The third kappa shape index (κ3) is 15.1. The number of nitrogens with two attached hydrogens (primary N) is 1. The molecular weight excluding hydrogens is 825 g/mol. The van der Waals surface area contributed by atoms with Gasteiger partial charge in [-0.05, 0) is 49.1 Å². The molecule has 0 saturated carbocycles. The largest absolute Gasteiger partial charge is 0.508 e. The number of carbonyl (C=O) groups is 9. The maximum atomic E-state index is 14.3. The van der Waals surface area contributed by atoms with Crippen LogP contribution in [0.15, 0.2) is 54.7 Å². The highest BCUT2D eigenvalue weighted by atomic mass is 16.4. The van der Waals surface area contributed by atoms with Gasteiger partial charge in [-0.15, -0.1) is 0 Å². The second-order valence-corrected chi connectivity index (χ2v) is 15.1. The number of aromatic nitrogens is 1. The van der Waals surface area contributed by atoms with Crippen molar-refractivity contribution in [1.29, 1.82) is 0 Å². The molecule has 1 heterocycles. The van der Waals surface area contributed by atoms with E-state index in [0.29, 0.717) is 24.0 Å². The van der Waals surface area contributed by atoms with Crippen LogP contribution in [0.2, 0.25) is 0 Å². The normalized spacial score (nSPS) is 13.9. The zero-order chi connectivity index (χ0) is 47.0. The quantitative estimate of drug-likeness (QED) is 0.0529. The lowest BCUT2D eigenvalue weighted by Gasteiger charge is -2.32. The second kappa shape index (κ2) is 23.8. The topological polar surface area (TPSA) is 331 Å². The fraction of sp³-hybridized carbons (Fsp3) is 0.452. The molecule has 0 bridgehead atoms. The van der Waals surface area contributed by atoms with Crippen LogP contribution < -0.4 is 27.0 Å². The van der Waals surface area contributed by atoms with Crippen molar-refractivity contribution in [3.05, 3.63) is 65.9 Å². The van der Waals surface area contributed by atoms with Crippen LogP contribution in [0.4, 0.5) is 0 Å². The molecule has 0 fully saturated rings. The van der Waals surface area contributed by atoms with E-state index in [1.807, 2.05) is 6.92 Å². The smallest absolute Gasteiger partial charge is 0.326 e. The number of aromatic hydroxyl groups is 1. The van der Waals surface area contributed by atoms with Gasteiger partial charge in [-0.2, -0.15) is 0 Å². The van der Waals surface area contributed by atoms with Crippen molar-refractivity contribution in [2.75, 3.05) is 20.6 Å². The van der Waals surface area contributed by atoms with Gasteiger partial charge in [-0.25, -0.2) is 4.79 Å². The lowest BCUT2D eigenvalue weighted by Crippen LogP contribution is -2.58. The van der Waals surface area contributed by atoms with Crippen LogP contribution in [0.3, 0.4) is 0 Å². The summed E-state index contributed by atoms with van der Waals surface area (Å²) in [4.78, 5) is 121. The average Bonchev–Trinajstić information content (AvgIpc) is 3.65. The fourth-order valence-corrected chi connectivity index (χ4v) is 6.70. The van der Waals surface area contributed by atoms with E-state index in [1.165, 1.54) is 45.3 Å². The molecule has 0 aliphatic heterocycles. The van der Waals surface area contributed by atoms with E-state index < -0.39 is 103 Å². The number of hydrogen-bond donors (Lipinski definition) is 10. The van der Waals surface area contributed by atoms with Gasteiger partial charge in [0.1, 0.15) is 36.0 Å². The molecule has 11 N–H and O–H groups in total. The predicted octanol–water partition coefficient (Wildman–Crippen LogP) is -0.155. The number of benzene rings is 2. The van der Waals surface area contributed by atoms with Crippen molar-refractivity contribution in [3.8, 4) is 5.75 Å². The Morgan fingerprint density at radius 2 is 1.40 bits per heavy atom. The average molecular weight is 881 g/mol. The lowest BCUT2D eigenvalue weighted by molar-refractivity contribution is -0.149. The van der Waals surface area contributed by atoms with E-state index in [0.717, 1.165) is 20.7 Å². The van der Waals surface area contributed by atoms with Crippen molar-refractivity contribution >= 4 is 64.3 Å². The molecule has 6 atom stereocenters. The summed E-state index contributed by atoms with van der Waals surface area (Å²) in [7, 11) is 2.61. The first-order valence-corrected chi connectivity index (χ1v) is 20.2. The molecule has 0 aliphatic carbocycles. The molecule has 63 heavy (non-hydrogen) atoms. The van der Waals surface area contributed by atoms with Gasteiger partial charge in [-0.1, -0.05) is 50.1 Å². The van der Waals surface area contributed by atoms with Crippen molar-refractivity contribution in [3.63, 3.8) is 0 Å². The number of nitrogens with one attached hydrogen (secondary N) is 5. The van der Waals surface area contributed by atoms with E-state index in [1.54, 1.807) is 30.5 Å². The summed E-state index contributed by atoms with van der Waals surface area (Å²) in [6.45, 7) is 2.48. The molecule has 0 radical (unpaired) electrons. The minimum atomic E-state index is -1.78. The SMILES string of the molecule is CCCC[C@@H](C(=O)N[C@@H](CC(=O)O)C(=O)O)N(C)C(=O)[C@H](Cc1c[nH]c2ccccc12)NC(=O)CNC(=O)[C@H](Cc1ccc(O)cc1)N(C)C(=O)[C@H](C)NC(=O)[C@H](N)CCC(=O)O. The summed E-state index contributed by atoms with van der Waals surface area (Å²) in [6.07, 6.45) is 1.04. The number of para-hydroxylation sites is 1. The van der Waals surface area contributed by atoms with E-state index >= 15 is 0 Å². The van der Waals surface area contributed by atoms with Crippen molar-refractivity contribution < 1.29 is 63.6 Å². The fourth-order valence-electron chi connectivity index (χ4n) is 6.70. The molecule has 3 aromatic rings. The summed E-state index contributed by atoms with van der Waals surface area (Å²) >= 11 is 0. The number of nitrogens with zero attached hydrogens (tertiary/aromatic N) is 2. The number of H-pyrrole nitrogens is 1. The minimum absolute atomic E-state index is 0.0567. The third-order valence-corrected chi connectivity index (χ3v) is 10.3. The summed E-state index contributed by atoms with van der Waals surface area (Å²) in [5, 5.41) is 48.0. The van der Waals surface area contributed by atoms with Crippen LogP contribution in [0, 0.1) is 0 Å². The summed E-state index contributed by atoms with van der Waals surface area (Å²) in [5.41, 5.74) is 7.65. The van der Waals surface area contributed by atoms with Crippen LogP contribution in [-0.2, 0) is 56.0 Å². The molecule has 0 aliphatic rings. The Labute approximate surface area is 362 Å². The molecule has 2 aromatic carbocycles. The van der Waals surface area contributed by atoms with Crippen LogP contribution >= 0.6 is 0 Å². The lowest BCUT2D eigenvalue weighted by atomic mass is 10.0. The standard InChI is InChI=1S/C42H56N8O13/c1-5-6-11-32(39(59)48-31(42(62)63)20-36(55)56)49(3)41(61)30(19-25-21-44-29-10-8-7-9-27(25)29)47-34(52)22-45-38(58)33(18-24-12-14-26(51)15-13-24)50(4)40(60)23(2)46-37(57)28(43)16-17-35(53)54/h7-10,12-15,21,23,28,30-33,44,51H,5-6,11,16-20,22,43H2,1-4H3,(H,45,58)(H,46,57)(H,47,52)(H,48,59)(H,53,54)(H,55,56)(H,62,63)/t23-,28+,30-,31-,32-,33-/m0/s1. The van der Waals surface area contributed by atoms with Crippen LogP contribution in [-0.4, -0.2) is 145 Å². The minimum Gasteiger partial charge on any atom is -0.508 e. The van der Waals surface area contributed by atoms with Crippen molar-refractivity contribution in [2.24, 2.45) is 5.73 Å². The maximum absolute atomic E-state index is 14.3. The monoisotopic (exact) mass is 880 g/mol. The van der Waals surface area contributed by atoms with E-state index in [2.05, 4.69) is 26.3 Å². The van der Waals surface area contributed by atoms with Crippen LogP contribution in [0.25, 0.3) is 10.9 Å². The predicted molar refractivity (Wildman–Crippen MR) is 226 cm³/mol. The Kier molecular flexibility index (Phi) is 19.0. The zero-order valence-electron chi connectivity index (χ0n) is 35.5. The Morgan fingerprint density at radius 3 is 2.02 bits per heavy atom. The number of rotatable bonds is 25. The van der Waals surface area contributed by atoms with Gasteiger partial charge in [0.25, 0.3) is 0 Å². The molecule has 21 nitrogen and oxygen atoms in total. The van der Waals surface area contributed by atoms with Gasteiger partial charge in [0.05, 0.1) is 19.0 Å². The molecule has 6 amide bonds. The number of phenols is 1. The number of carbonyl (C=O) groups excluding carboxylic acids is 6. The number of carboxylic acids is 3. The highest BCUT2D eigenvalue weighted by molar-refractivity contribution is 5.97. The third-order valence-electron chi connectivity index (χ3n) is 10.3. The Hall–Kier alpha value is -7.03. The molecule has 0 unspecified atom stereocenters. The van der Waals surface area contributed by atoms with Gasteiger partial charge in [0, 0.05) is 50.5 Å². The first-order chi connectivity index (χ1) is 29.7. The molecular formula is C42H56N8O13. The number of fused-ring (bicyclic) bond motifs is 1. The number of hydrogen-bond acceptors (Lipinski definition) is 11. The molecule has 3 rings (SSSR count). The number of amides is 6. The first kappa shape index (κ1) is 50.3. The Morgan fingerprint density at radius 1 is 0.746 bits per heavy atom. The van der Waals surface area contributed by atoms with Crippen LogP contribution in [0.1, 0.15) is 63.5 Å². The highest BCUT2D eigenvalue weighted by Crippen LogP contribution is 2.21. The molecule has 21 heteroatoms. The summed E-state index contributed by atoms with van der Waals surface area (Å²) in [6, 6.07) is 4.83. The van der Waals surface area contributed by atoms with Gasteiger partial charge in [0.15, 0.2) is 0 Å². The number of carboxylic acid groups (broad SMARTS) is 3. The number of likely N-dealkylation sites (N-methyl/N-ethyl adjacent to an activating group) is 2. The highest BCUT2D eigenvalue weighted by Gasteiger charge is 2.36. The van der Waals surface area contributed by atoms with E-state index in [4.69, 9.17) is 10.8 Å². The number of phenolic OH excluding ortho intramolecular Hbond substituents is 1. The van der Waals surface area contributed by atoms with Gasteiger partial charge < -0.3 is 62.2 Å². The summed E-state index contributed by atoms with van der Waals surface area (Å²) < 4.78 is 0.